The van der Waals surface area contributed by atoms with E-state index in [0.29, 0.717) is 0 Å². The van der Waals surface area contributed by atoms with E-state index in [9.17, 15) is 4.79 Å². The first-order valence-corrected chi connectivity index (χ1v) is 7.03. The fourth-order valence-electron chi connectivity index (χ4n) is 1.96. The summed E-state index contributed by atoms with van der Waals surface area (Å²) in [5, 5.41) is 7.05. The third-order valence-corrected chi connectivity index (χ3v) is 3.13. The van der Waals surface area contributed by atoms with E-state index in [1.54, 1.807) is 24.0 Å². The van der Waals surface area contributed by atoms with Crippen LogP contribution >= 0.6 is 0 Å². The Labute approximate surface area is 109 Å². The minimum Gasteiger partial charge on any atom is -0.387 e. The number of nitrogens with zero attached hydrogens (tertiary/aromatic N) is 2. The molecule has 0 amide bonds. The van der Waals surface area contributed by atoms with Crippen LogP contribution in [0.25, 0.3) is 0 Å². The Morgan fingerprint density at radius 3 is 2.44 bits per heavy atom. The van der Waals surface area contributed by atoms with Crippen LogP contribution in [0.5, 0.6) is 0 Å². The van der Waals surface area contributed by atoms with Gasteiger partial charge in [-0.1, -0.05) is 45.4 Å². The third-order valence-electron chi connectivity index (χ3n) is 3.13. The fraction of sp³-hybridized carbons (Fsp3) is 0.714. The molecule has 0 aromatic carbocycles. The molecule has 1 aromatic rings. The molecular formula is C14H25N3O. The molecule has 1 rings (SSSR count). The summed E-state index contributed by atoms with van der Waals surface area (Å²) in [6.07, 6.45) is 10.5. The predicted molar refractivity (Wildman–Crippen MR) is 76.0 cm³/mol. The van der Waals surface area contributed by atoms with Gasteiger partial charge in [0.2, 0.25) is 0 Å². The van der Waals surface area contributed by atoms with Crippen molar-refractivity contribution in [3.8, 4) is 0 Å². The topological polar surface area (TPSA) is 46.9 Å². The lowest BCUT2D eigenvalue weighted by atomic mass is 10.1. The van der Waals surface area contributed by atoms with Crippen LogP contribution in [0.1, 0.15) is 51.9 Å². The molecule has 0 aliphatic carbocycles. The summed E-state index contributed by atoms with van der Waals surface area (Å²) in [4.78, 5) is 11.7. The summed E-state index contributed by atoms with van der Waals surface area (Å²) in [6, 6.07) is 1.59. The maximum atomic E-state index is 11.7. The van der Waals surface area contributed by atoms with Crippen molar-refractivity contribution in [3.05, 3.63) is 22.6 Å². The monoisotopic (exact) mass is 251 g/mol. The van der Waals surface area contributed by atoms with Crippen LogP contribution < -0.4 is 10.9 Å². The van der Waals surface area contributed by atoms with Crippen molar-refractivity contribution < 1.29 is 0 Å². The number of hydrogen-bond donors (Lipinski definition) is 1. The van der Waals surface area contributed by atoms with Crippen molar-refractivity contribution in [2.75, 3.05) is 12.4 Å². The largest absolute Gasteiger partial charge is 0.387 e. The van der Waals surface area contributed by atoms with Gasteiger partial charge in [-0.25, -0.2) is 4.68 Å². The number of hydrogen-bond acceptors (Lipinski definition) is 3. The van der Waals surface area contributed by atoms with E-state index >= 15 is 0 Å². The Hall–Kier alpha value is -1.32. The Morgan fingerprint density at radius 2 is 1.83 bits per heavy atom. The van der Waals surface area contributed by atoms with Crippen LogP contribution in [0, 0.1) is 0 Å². The first kappa shape index (κ1) is 14.7. The highest BCUT2D eigenvalue weighted by Gasteiger charge is 1.98. The van der Waals surface area contributed by atoms with Gasteiger partial charge in [-0.2, -0.15) is 5.10 Å². The predicted octanol–water partition coefficient (Wildman–Crippen LogP) is 3.04. The van der Waals surface area contributed by atoms with Crippen molar-refractivity contribution in [2.24, 2.45) is 0 Å². The zero-order chi connectivity index (χ0) is 13.2. The highest BCUT2D eigenvalue weighted by molar-refractivity contribution is 5.37. The van der Waals surface area contributed by atoms with Crippen LogP contribution in [0.4, 0.5) is 5.69 Å². The molecule has 0 atom stereocenters. The SMILES string of the molecule is CCCCCCCCCn1ncc(NC)cc1=O. The molecule has 0 aliphatic heterocycles. The second-order valence-electron chi connectivity index (χ2n) is 4.68. The van der Waals surface area contributed by atoms with Crippen molar-refractivity contribution in [3.63, 3.8) is 0 Å². The average molecular weight is 251 g/mol. The van der Waals surface area contributed by atoms with E-state index in [-0.39, 0.29) is 5.56 Å². The highest BCUT2D eigenvalue weighted by Crippen LogP contribution is 2.07. The van der Waals surface area contributed by atoms with Crippen LogP contribution in [0.2, 0.25) is 0 Å². The summed E-state index contributed by atoms with van der Waals surface area (Å²) >= 11 is 0. The molecule has 102 valence electrons. The van der Waals surface area contributed by atoms with Gasteiger partial charge in [-0.3, -0.25) is 4.79 Å². The van der Waals surface area contributed by atoms with E-state index in [1.165, 1.54) is 38.5 Å². The lowest BCUT2D eigenvalue weighted by Gasteiger charge is -2.05. The molecule has 0 aliphatic rings. The van der Waals surface area contributed by atoms with Gasteiger partial charge >= 0.3 is 0 Å². The molecule has 0 saturated heterocycles. The molecule has 1 aromatic heterocycles. The Bertz CT molecular complexity index is 387. The van der Waals surface area contributed by atoms with E-state index in [2.05, 4.69) is 17.3 Å². The smallest absolute Gasteiger partial charge is 0.268 e. The second-order valence-corrected chi connectivity index (χ2v) is 4.68. The van der Waals surface area contributed by atoms with Gasteiger partial charge in [0.15, 0.2) is 0 Å². The minimum atomic E-state index is -0.0205. The molecule has 0 radical (unpaired) electrons. The number of anilines is 1. The van der Waals surface area contributed by atoms with Crippen molar-refractivity contribution in [2.45, 2.75) is 58.4 Å². The molecule has 0 fully saturated rings. The molecule has 4 heteroatoms. The Kier molecular flexibility index (Phi) is 7.14. The van der Waals surface area contributed by atoms with Crippen molar-refractivity contribution >= 4 is 5.69 Å². The fourth-order valence-corrected chi connectivity index (χ4v) is 1.96. The van der Waals surface area contributed by atoms with E-state index in [1.807, 2.05) is 0 Å². The van der Waals surface area contributed by atoms with E-state index in [0.717, 1.165) is 18.7 Å². The van der Waals surface area contributed by atoms with Crippen LogP contribution in [0.15, 0.2) is 17.1 Å². The molecular weight excluding hydrogens is 226 g/mol. The quantitative estimate of drug-likeness (QED) is 0.686. The molecule has 1 heterocycles. The van der Waals surface area contributed by atoms with Gasteiger partial charge in [-0.05, 0) is 6.42 Å². The molecule has 0 unspecified atom stereocenters. The minimum absolute atomic E-state index is 0.0205. The van der Waals surface area contributed by atoms with Gasteiger partial charge in [0.25, 0.3) is 5.56 Å². The lowest BCUT2D eigenvalue weighted by molar-refractivity contribution is 0.506. The number of aryl methyl sites for hydroxylation is 1. The summed E-state index contributed by atoms with van der Waals surface area (Å²) in [6.45, 7) is 2.96. The van der Waals surface area contributed by atoms with Gasteiger partial charge < -0.3 is 5.32 Å². The standard InChI is InChI=1S/C14H25N3O/c1-3-4-5-6-7-8-9-10-17-14(18)11-13(15-2)12-16-17/h11-12,15H,3-10H2,1-2H3. The molecule has 4 nitrogen and oxygen atoms in total. The van der Waals surface area contributed by atoms with Gasteiger partial charge in [0.1, 0.15) is 0 Å². The molecule has 18 heavy (non-hydrogen) atoms. The second kappa shape index (κ2) is 8.72. The highest BCUT2D eigenvalue weighted by atomic mass is 16.1. The van der Waals surface area contributed by atoms with E-state index in [4.69, 9.17) is 0 Å². The van der Waals surface area contributed by atoms with Crippen molar-refractivity contribution in [1.82, 2.24) is 9.78 Å². The first-order valence-electron chi connectivity index (χ1n) is 7.03. The maximum Gasteiger partial charge on any atom is 0.268 e. The zero-order valence-electron chi connectivity index (χ0n) is 11.6. The molecule has 1 N–H and O–H groups in total. The Balaban J connectivity index is 2.21. The lowest BCUT2D eigenvalue weighted by Crippen LogP contribution is -2.22. The van der Waals surface area contributed by atoms with Gasteiger partial charge in [-0.15, -0.1) is 0 Å². The maximum absolute atomic E-state index is 11.7. The summed E-state index contributed by atoms with van der Waals surface area (Å²) in [5.74, 6) is 0. The zero-order valence-corrected chi connectivity index (χ0v) is 11.6. The number of nitrogens with one attached hydrogen (secondary N) is 1. The number of aromatic nitrogens is 2. The number of unbranched alkanes of at least 4 members (excludes halogenated alkanes) is 6. The van der Waals surface area contributed by atoms with Gasteiger partial charge in [0, 0.05) is 19.7 Å². The molecule has 0 spiro atoms. The summed E-state index contributed by atoms with van der Waals surface area (Å²) in [7, 11) is 1.79. The Morgan fingerprint density at radius 1 is 1.17 bits per heavy atom. The van der Waals surface area contributed by atoms with Crippen LogP contribution in [0.3, 0.4) is 0 Å². The van der Waals surface area contributed by atoms with Gasteiger partial charge in [0.05, 0.1) is 11.9 Å². The normalized spacial score (nSPS) is 10.6. The van der Waals surface area contributed by atoms with Crippen LogP contribution in [-0.4, -0.2) is 16.8 Å². The summed E-state index contributed by atoms with van der Waals surface area (Å²) in [5.41, 5.74) is 0.753. The summed E-state index contributed by atoms with van der Waals surface area (Å²) < 4.78 is 1.55. The van der Waals surface area contributed by atoms with E-state index < -0.39 is 0 Å². The first-order chi connectivity index (χ1) is 8.77. The van der Waals surface area contributed by atoms with Crippen LogP contribution in [-0.2, 0) is 6.54 Å². The average Bonchev–Trinajstić information content (AvgIpc) is 2.39. The third kappa shape index (κ3) is 5.34. The number of rotatable bonds is 9. The molecule has 0 saturated carbocycles. The van der Waals surface area contributed by atoms with Crippen molar-refractivity contribution in [1.29, 1.82) is 0 Å². The molecule has 0 bridgehead atoms.